The Hall–Kier alpha value is -2.58. The second-order valence-corrected chi connectivity index (χ2v) is 8.89. The summed E-state index contributed by atoms with van der Waals surface area (Å²) in [5, 5.41) is 2.76. The van der Waals surface area contributed by atoms with Crippen LogP contribution in [0.3, 0.4) is 0 Å². The summed E-state index contributed by atoms with van der Waals surface area (Å²) in [6, 6.07) is 10.6. The molecule has 0 aromatic heterocycles. The van der Waals surface area contributed by atoms with Gasteiger partial charge in [-0.3, -0.25) is 4.79 Å². The summed E-state index contributed by atoms with van der Waals surface area (Å²) < 4.78 is 38.5. The van der Waals surface area contributed by atoms with Gasteiger partial charge in [-0.1, -0.05) is 31.5 Å². The van der Waals surface area contributed by atoms with Crippen molar-refractivity contribution in [3.63, 3.8) is 0 Å². The van der Waals surface area contributed by atoms with Crippen molar-refractivity contribution in [3.05, 3.63) is 48.0 Å². The zero-order chi connectivity index (χ0) is 20.3. The Morgan fingerprint density at radius 3 is 2.43 bits per heavy atom. The topological polar surface area (TPSA) is 93.7 Å². The molecule has 2 aromatic carbocycles. The van der Waals surface area contributed by atoms with Crippen LogP contribution >= 0.6 is 0 Å². The van der Waals surface area contributed by atoms with Gasteiger partial charge in [0.2, 0.25) is 22.7 Å². The van der Waals surface area contributed by atoms with E-state index in [0.717, 1.165) is 5.56 Å². The average molecular weight is 404 g/mol. The molecule has 0 saturated heterocycles. The van der Waals surface area contributed by atoms with Crippen LogP contribution in [0.4, 0.5) is 5.69 Å². The summed E-state index contributed by atoms with van der Waals surface area (Å²) in [6.45, 7) is 5.88. The molecule has 2 N–H and O–H groups in total. The van der Waals surface area contributed by atoms with E-state index in [9.17, 15) is 13.2 Å². The summed E-state index contributed by atoms with van der Waals surface area (Å²) in [5.41, 5.74) is 1.47. The SMILES string of the molecule is Cc1ccc(S(=O)(=O)N[C@H](CC(C)C)C(=O)Nc2ccc3c(c2)OCO3)cc1. The van der Waals surface area contributed by atoms with E-state index in [-0.39, 0.29) is 17.6 Å². The van der Waals surface area contributed by atoms with Gasteiger partial charge in [0.25, 0.3) is 0 Å². The lowest BCUT2D eigenvalue weighted by molar-refractivity contribution is -0.118. The lowest BCUT2D eigenvalue weighted by atomic mass is 10.0. The van der Waals surface area contributed by atoms with Gasteiger partial charge in [-0.05, 0) is 43.5 Å². The van der Waals surface area contributed by atoms with Crippen LogP contribution in [0, 0.1) is 12.8 Å². The largest absolute Gasteiger partial charge is 0.454 e. The Bertz CT molecular complexity index is 955. The molecule has 0 spiro atoms. The summed E-state index contributed by atoms with van der Waals surface area (Å²) in [5.74, 6) is 0.840. The third-order valence-electron chi connectivity index (χ3n) is 4.29. The van der Waals surface area contributed by atoms with Crippen molar-refractivity contribution in [2.24, 2.45) is 5.92 Å². The summed E-state index contributed by atoms with van der Waals surface area (Å²) in [7, 11) is -3.82. The number of fused-ring (bicyclic) bond motifs is 1. The highest BCUT2D eigenvalue weighted by Crippen LogP contribution is 2.34. The maximum atomic E-state index is 12.8. The van der Waals surface area contributed by atoms with Crippen LogP contribution in [0.15, 0.2) is 47.4 Å². The van der Waals surface area contributed by atoms with Crippen LogP contribution in [0.1, 0.15) is 25.8 Å². The molecule has 7 nitrogen and oxygen atoms in total. The van der Waals surface area contributed by atoms with Crippen LogP contribution in [0.5, 0.6) is 11.5 Å². The Balaban J connectivity index is 1.77. The molecule has 3 rings (SSSR count). The lowest BCUT2D eigenvalue weighted by Gasteiger charge is -2.20. The molecule has 1 aliphatic heterocycles. The summed E-state index contributed by atoms with van der Waals surface area (Å²) >= 11 is 0. The van der Waals surface area contributed by atoms with Crippen molar-refractivity contribution < 1.29 is 22.7 Å². The number of amides is 1. The van der Waals surface area contributed by atoms with Crippen LogP contribution in [0.2, 0.25) is 0 Å². The molecule has 1 heterocycles. The van der Waals surface area contributed by atoms with Gasteiger partial charge in [0, 0.05) is 11.8 Å². The van der Waals surface area contributed by atoms with Gasteiger partial charge in [-0.2, -0.15) is 4.72 Å². The molecule has 1 amide bonds. The molecule has 0 aliphatic carbocycles. The van der Waals surface area contributed by atoms with Gasteiger partial charge in [0.1, 0.15) is 6.04 Å². The predicted molar refractivity (Wildman–Crippen MR) is 106 cm³/mol. The molecule has 0 fully saturated rings. The van der Waals surface area contributed by atoms with Crippen molar-refractivity contribution in [1.29, 1.82) is 0 Å². The zero-order valence-corrected chi connectivity index (χ0v) is 16.9. The average Bonchev–Trinajstić information content (AvgIpc) is 3.08. The van der Waals surface area contributed by atoms with Gasteiger partial charge >= 0.3 is 0 Å². The Morgan fingerprint density at radius 1 is 1.07 bits per heavy atom. The van der Waals surface area contributed by atoms with Crippen molar-refractivity contribution >= 4 is 21.6 Å². The van der Waals surface area contributed by atoms with Crippen molar-refractivity contribution in [3.8, 4) is 11.5 Å². The second-order valence-electron chi connectivity index (χ2n) is 7.17. The first kappa shape index (κ1) is 20.2. The fourth-order valence-electron chi connectivity index (χ4n) is 2.86. The van der Waals surface area contributed by atoms with Crippen molar-refractivity contribution in [2.75, 3.05) is 12.1 Å². The van der Waals surface area contributed by atoms with Gasteiger partial charge in [-0.15, -0.1) is 0 Å². The van der Waals surface area contributed by atoms with E-state index in [1.54, 1.807) is 30.3 Å². The normalized spacial score (nSPS) is 14.1. The third kappa shape index (κ3) is 4.82. The van der Waals surface area contributed by atoms with Gasteiger partial charge < -0.3 is 14.8 Å². The molecule has 28 heavy (non-hydrogen) atoms. The maximum absolute atomic E-state index is 12.8. The molecule has 0 unspecified atom stereocenters. The fraction of sp³-hybridized carbons (Fsp3) is 0.350. The molecule has 0 saturated carbocycles. The Kier molecular flexibility index (Phi) is 5.90. The number of sulfonamides is 1. The Morgan fingerprint density at radius 2 is 1.75 bits per heavy atom. The van der Waals surface area contributed by atoms with E-state index in [0.29, 0.717) is 23.6 Å². The Labute approximate surface area is 165 Å². The first-order valence-electron chi connectivity index (χ1n) is 9.04. The van der Waals surface area contributed by atoms with Crippen LogP contribution < -0.4 is 19.5 Å². The molecule has 0 radical (unpaired) electrons. The van der Waals surface area contributed by atoms with Crippen molar-refractivity contribution in [2.45, 2.75) is 38.1 Å². The van der Waals surface area contributed by atoms with E-state index in [1.807, 2.05) is 20.8 Å². The monoisotopic (exact) mass is 404 g/mol. The number of carbonyl (C=O) groups is 1. The fourth-order valence-corrected chi connectivity index (χ4v) is 4.06. The predicted octanol–water partition coefficient (Wildman–Crippen LogP) is 3.06. The second kappa shape index (κ2) is 8.20. The van der Waals surface area contributed by atoms with Gasteiger partial charge in [-0.25, -0.2) is 8.42 Å². The summed E-state index contributed by atoms with van der Waals surface area (Å²) in [4.78, 5) is 12.9. The number of nitrogens with one attached hydrogen (secondary N) is 2. The van der Waals surface area contributed by atoms with Crippen molar-refractivity contribution in [1.82, 2.24) is 4.72 Å². The molecule has 0 bridgehead atoms. The summed E-state index contributed by atoms with van der Waals surface area (Å²) in [6.07, 6.45) is 0.363. The van der Waals surface area contributed by atoms with Crippen LogP contribution in [-0.4, -0.2) is 27.2 Å². The minimum absolute atomic E-state index is 0.119. The maximum Gasteiger partial charge on any atom is 0.242 e. The molecule has 1 atom stereocenters. The number of hydrogen-bond donors (Lipinski definition) is 2. The first-order valence-corrected chi connectivity index (χ1v) is 10.5. The third-order valence-corrected chi connectivity index (χ3v) is 5.78. The van der Waals surface area contributed by atoms with E-state index in [4.69, 9.17) is 9.47 Å². The standard InChI is InChI=1S/C20H24N2O5S/c1-13(2)10-17(22-28(24,25)16-7-4-14(3)5-8-16)20(23)21-15-6-9-18-19(11-15)27-12-26-18/h4-9,11,13,17,22H,10,12H2,1-3H3,(H,21,23)/t17-/m1/s1. The van der Waals surface area contributed by atoms with Crippen LogP contribution in [-0.2, 0) is 14.8 Å². The quantitative estimate of drug-likeness (QED) is 0.740. The number of anilines is 1. The van der Waals surface area contributed by atoms with Gasteiger partial charge in [0.15, 0.2) is 11.5 Å². The highest BCUT2D eigenvalue weighted by molar-refractivity contribution is 7.89. The number of carbonyl (C=O) groups excluding carboxylic acids is 1. The first-order chi connectivity index (χ1) is 13.2. The number of rotatable bonds is 7. The number of aryl methyl sites for hydroxylation is 1. The minimum atomic E-state index is -3.82. The highest BCUT2D eigenvalue weighted by atomic mass is 32.2. The van der Waals surface area contributed by atoms with E-state index >= 15 is 0 Å². The smallest absolute Gasteiger partial charge is 0.242 e. The number of ether oxygens (including phenoxy) is 2. The van der Waals surface area contributed by atoms with E-state index in [2.05, 4.69) is 10.0 Å². The minimum Gasteiger partial charge on any atom is -0.454 e. The molecular formula is C20H24N2O5S. The molecular weight excluding hydrogens is 380 g/mol. The van der Waals surface area contributed by atoms with E-state index < -0.39 is 22.0 Å². The number of benzene rings is 2. The van der Waals surface area contributed by atoms with E-state index in [1.165, 1.54) is 12.1 Å². The molecule has 150 valence electrons. The van der Waals surface area contributed by atoms with Gasteiger partial charge in [0.05, 0.1) is 4.90 Å². The molecule has 1 aliphatic rings. The lowest BCUT2D eigenvalue weighted by Crippen LogP contribution is -2.44. The highest BCUT2D eigenvalue weighted by Gasteiger charge is 2.27. The number of hydrogen-bond acceptors (Lipinski definition) is 5. The molecule has 2 aromatic rings. The zero-order valence-electron chi connectivity index (χ0n) is 16.1. The van der Waals surface area contributed by atoms with Crippen LogP contribution in [0.25, 0.3) is 0 Å². The molecule has 8 heteroatoms.